The Kier molecular flexibility index (Phi) is 4.15. The van der Waals surface area contributed by atoms with E-state index in [0.29, 0.717) is 12.4 Å². The Morgan fingerprint density at radius 1 is 1.17 bits per heavy atom. The SMILES string of the molecule is Nc1cc(N(CCO)Cc2ccccc2)ccn1. The van der Waals surface area contributed by atoms with E-state index >= 15 is 0 Å². The van der Waals surface area contributed by atoms with Gasteiger partial charge in [-0.15, -0.1) is 0 Å². The lowest BCUT2D eigenvalue weighted by Gasteiger charge is -2.24. The number of rotatable bonds is 5. The molecule has 0 fully saturated rings. The summed E-state index contributed by atoms with van der Waals surface area (Å²) >= 11 is 0. The standard InChI is InChI=1S/C14H17N3O/c15-14-10-13(6-7-16-14)17(8-9-18)11-12-4-2-1-3-5-12/h1-7,10,18H,8-9,11H2,(H2,15,16). The van der Waals surface area contributed by atoms with E-state index in [1.807, 2.05) is 30.3 Å². The molecule has 0 unspecified atom stereocenters. The molecule has 94 valence electrons. The van der Waals surface area contributed by atoms with Gasteiger partial charge in [-0.05, 0) is 11.6 Å². The van der Waals surface area contributed by atoms with E-state index in [1.54, 1.807) is 6.20 Å². The summed E-state index contributed by atoms with van der Waals surface area (Å²) in [6.07, 6.45) is 1.68. The Morgan fingerprint density at radius 3 is 2.61 bits per heavy atom. The fourth-order valence-electron chi connectivity index (χ4n) is 1.86. The topological polar surface area (TPSA) is 62.4 Å². The van der Waals surface area contributed by atoms with Crippen LogP contribution < -0.4 is 10.6 Å². The minimum atomic E-state index is 0.106. The zero-order valence-corrected chi connectivity index (χ0v) is 10.2. The van der Waals surface area contributed by atoms with E-state index in [-0.39, 0.29) is 6.61 Å². The summed E-state index contributed by atoms with van der Waals surface area (Å²) < 4.78 is 0. The third kappa shape index (κ3) is 3.21. The van der Waals surface area contributed by atoms with Crippen LogP contribution in [-0.4, -0.2) is 23.2 Å². The van der Waals surface area contributed by atoms with Gasteiger partial charge in [0.2, 0.25) is 0 Å². The number of aromatic nitrogens is 1. The molecular weight excluding hydrogens is 226 g/mol. The molecule has 0 amide bonds. The number of anilines is 2. The van der Waals surface area contributed by atoms with Crippen LogP contribution in [0.4, 0.5) is 11.5 Å². The molecular formula is C14H17N3O. The van der Waals surface area contributed by atoms with Gasteiger partial charge in [-0.1, -0.05) is 30.3 Å². The Morgan fingerprint density at radius 2 is 1.94 bits per heavy atom. The van der Waals surface area contributed by atoms with Crippen LogP contribution in [0.25, 0.3) is 0 Å². The number of hydrogen-bond donors (Lipinski definition) is 2. The minimum absolute atomic E-state index is 0.106. The quantitative estimate of drug-likeness (QED) is 0.838. The summed E-state index contributed by atoms with van der Waals surface area (Å²) in [6.45, 7) is 1.41. The average molecular weight is 243 g/mol. The van der Waals surface area contributed by atoms with Gasteiger partial charge in [0.1, 0.15) is 5.82 Å². The first kappa shape index (κ1) is 12.4. The van der Waals surface area contributed by atoms with E-state index in [0.717, 1.165) is 12.2 Å². The first-order valence-electron chi connectivity index (χ1n) is 5.91. The van der Waals surface area contributed by atoms with Crippen LogP contribution in [0.1, 0.15) is 5.56 Å². The Balaban J connectivity index is 2.18. The first-order valence-corrected chi connectivity index (χ1v) is 5.91. The number of nitrogens with two attached hydrogens (primary N) is 1. The second-order valence-corrected chi connectivity index (χ2v) is 4.07. The van der Waals surface area contributed by atoms with Crippen molar-refractivity contribution >= 4 is 11.5 Å². The minimum Gasteiger partial charge on any atom is -0.395 e. The zero-order valence-electron chi connectivity index (χ0n) is 10.2. The molecule has 0 radical (unpaired) electrons. The van der Waals surface area contributed by atoms with Crippen LogP contribution in [0.5, 0.6) is 0 Å². The largest absolute Gasteiger partial charge is 0.395 e. The molecule has 0 aliphatic carbocycles. The van der Waals surface area contributed by atoms with Crippen molar-refractivity contribution in [3.8, 4) is 0 Å². The van der Waals surface area contributed by atoms with Gasteiger partial charge in [0.05, 0.1) is 6.61 Å². The fraction of sp³-hybridized carbons (Fsp3) is 0.214. The molecule has 0 spiro atoms. The van der Waals surface area contributed by atoms with Crippen LogP contribution >= 0.6 is 0 Å². The van der Waals surface area contributed by atoms with Gasteiger partial charge < -0.3 is 15.7 Å². The summed E-state index contributed by atoms with van der Waals surface area (Å²) in [6, 6.07) is 13.8. The molecule has 2 rings (SSSR count). The maximum atomic E-state index is 9.16. The lowest BCUT2D eigenvalue weighted by atomic mass is 10.2. The highest BCUT2D eigenvalue weighted by atomic mass is 16.3. The summed E-state index contributed by atoms with van der Waals surface area (Å²) in [7, 11) is 0. The van der Waals surface area contributed by atoms with Crippen molar-refractivity contribution in [2.75, 3.05) is 23.8 Å². The lowest BCUT2D eigenvalue weighted by molar-refractivity contribution is 0.301. The van der Waals surface area contributed by atoms with Gasteiger partial charge in [0.25, 0.3) is 0 Å². The number of pyridine rings is 1. The summed E-state index contributed by atoms with van der Waals surface area (Å²) in [5.74, 6) is 0.489. The normalized spacial score (nSPS) is 10.3. The van der Waals surface area contributed by atoms with Crippen LogP contribution in [0.2, 0.25) is 0 Å². The summed E-state index contributed by atoms with van der Waals surface area (Å²) in [5.41, 5.74) is 7.85. The zero-order chi connectivity index (χ0) is 12.8. The fourth-order valence-corrected chi connectivity index (χ4v) is 1.86. The van der Waals surface area contributed by atoms with E-state index in [4.69, 9.17) is 10.8 Å². The molecule has 1 heterocycles. The molecule has 0 saturated heterocycles. The number of nitrogen functional groups attached to an aromatic ring is 1. The van der Waals surface area contributed by atoms with Crippen LogP contribution in [0.3, 0.4) is 0 Å². The molecule has 0 bridgehead atoms. The van der Waals surface area contributed by atoms with Gasteiger partial charge in [-0.25, -0.2) is 4.98 Å². The van der Waals surface area contributed by atoms with E-state index in [9.17, 15) is 0 Å². The van der Waals surface area contributed by atoms with Crippen molar-refractivity contribution < 1.29 is 5.11 Å². The Hall–Kier alpha value is -2.07. The smallest absolute Gasteiger partial charge is 0.125 e. The highest BCUT2D eigenvalue weighted by Gasteiger charge is 2.07. The highest BCUT2D eigenvalue weighted by Crippen LogP contribution is 2.18. The van der Waals surface area contributed by atoms with E-state index in [1.165, 1.54) is 5.56 Å². The van der Waals surface area contributed by atoms with Crippen molar-refractivity contribution in [3.05, 3.63) is 54.2 Å². The molecule has 4 heteroatoms. The summed E-state index contributed by atoms with van der Waals surface area (Å²) in [5, 5.41) is 9.16. The molecule has 3 N–H and O–H groups in total. The van der Waals surface area contributed by atoms with Crippen molar-refractivity contribution in [1.82, 2.24) is 4.98 Å². The van der Waals surface area contributed by atoms with Crippen molar-refractivity contribution in [3.63, 3.8) is 0 Å². The number of hydrogen-bond acceptors (Lipinski definition) is 4. The third-order valence-corrected chi connectivity index (χ3v) is 2.72. The van der Waals surface area contributed by atoms with E-state index in [2.05, 4.69) is 22.0 Å². The van der Waals surface area contributed by atoms with Gasteiger partial charge >= 0.3 is 0 Å². The van der Waals surface area contributed by atoms with Crippen LogP contribution in [0.15, 0.2) is 48.7 Å². The molecule has 18 heavy (non-hydrogen) atoms. The Bertz CT molecular complexity index is 487. The van der Waals surface area contributed by atoms with Gasteiger partial charge in [0.15, 0.2) is 0 Å². The predicted molar refractivity (Wildman–Crippen MR) is 73.2 cm³/mol. The van der Waals surface area contributed by atoms with E-state index < -0.39 is 0 Å². The first-order chi connectivity index (χ1) is 8.79. The maximum Gasteiger partial charge on any atom is 0.125 e. The highest BCUT2D eigenvalue weighted by molar-refractivity contribution is 5.52. The number of benzene rings is 1. The third-order valence-electron chi connectivity index (χ3n) is 2.72. The van der Waals surface area contributed by atoms with Crippen molar-refractivity contribution in [2.24, 2.45) is 0 Å². The lowest BCUT2D eigenvalue weighted by Crippen LogP contribution is -2.26. The van der Waals surface area contributed by atoms with Crippen molar-refractivity contribution in [2.45, 2.75) is 6.54 Å². The van der Waals surface area contributed by atoms with Gasteiger partial charge in [-0.3, -0.25) is 0 Å². The molecule has 2 aromatic rings. The number of nitrogens with zero attached hydrogens (tertiary/aromatic N) is 2. The average Bonchev–Trinajstić information content (AvgIpc) is 2.39. The van der Waals surface area contributed by atoms with Crippen LogP contribution in [-0.2, 0) is 6.54 Å². The molecule has 1 aromatic heterocycles. The van der Waals surface area contributed by atoms with Gasteiger partial charge in [0, 0.05) is 31.0 Å². The molecule has 0 atom stereocenters. The Labute approximate surface area is 107 Å². The molecule has 0 aliphatic rings. The monoisotopic (exact) mass is 243 g/mol. The molecule has 1 aromatic carbocycles. The second kappa shape index (κ2) is 6.02. The van der Waals surface area contributed by atoms with Crippen LogP contribution in [0, 0.1) is 0 Å². The molecule has 0 aliphatic heterocycles. The number of aliphatic hydroxyl groups is 1. The number of aliphatic hydroxyl groups excluding tert-OH is 1. The second-order valence-electron chi connectivity index (χ2n) is 4.07. The maximum absolute atomic E-state index is 9.16. The summed E-state index contributed by atoms with van der Waals surface area (Å²) in [4.78, 5) is 6.05. The predicted octanol–water partition coefficient (Wildman–Crippen LogP) is 1.66. The molecule has 0 saturated carbocycles. The molecule has 4 nitrogen and oxygen atoms in total. The van der Waals surface area contributed by atoms with Gasteiger partial charge in [-0.2, -0.15) is 0 Å². The van der Waals surface area contributed by atoms with Crippen molar-refractivity contribution in [1.29, 1.82) is 0 Å².